The van der Waals surface area contributed by atoms with Crippen LogP contribution < -0.4 is 9.62 Å². The molecule has 0 saturated heterocycles. The number of hydrogen-bond acceptors (Lipinski definition) is 6. The lowest BCUT2D eigenvalue weighted by molar-refractivity contribution is -0.149. The molecule has 32 heavy (non-hydrogen) atoms. The molecule has 1 atom stereocenters. The van der Waals surface area contributed by atoms with E-state index in [1.165, 1.54) is 36.0 Å². The van der Waals surface area contributed by atoms with Gasteiger partial charge in [0.15, 0.2) is 6.61 Å². The lowest BCUT2D eigenvalue weighted by atomic mass is 10.0. The maximum Gasteiger partial charge on any atom is 0.324 e. The van der Waals surface area contributed by atoms with Crippen LogP contribution in [-0.4, -0.2) is 51.5 Å². The number of carbonyl (C=O) groups is 2. The number of halogens is 1. The molecular weight excluding hydrogens is 472 g/mol. The summed E-state index contributed by atoms with van der Waals surface area (Å²) in [7, 11) is -3.96. The number of rotatable bonds is 9. The van der Waals surface area contributed by atoms with E-state index in [0.29, 0.717) is 17.3 Å². The second-order valence-electron chi connectivity index (χ2n) is 7.29. The summed E-state index contributed by atoms with van der Waals surface area (Å²) >= 11 is 7.30. The van der Waals surface area contributed by atoms with Gasteiger partial charge in [0.25, 0.3) is 5.91 Å². The maximum atomic E-state index is 12.7. The minimum atomic E-state index is -3.96. The molecule has 3 rings (SSSR count). The molecule has 1 N–H and O–H groups in total. The predicted octanol–water partition coefficient (Wildman–Crippen LogP) is 3.26. The molecule has 0 saturated carbocycles. The van der Waals surface area contributed by atoms with Gasteiger partial charge in [-0.3, -0.25) is 9.59 Å². The van der Waals surface area contributed by atoms with Crippen molar-refractivity contribution in [2.45, 2.75) is 30.2 Å². The van der Waals surface area contributed by atoms with Crippen LogP contribution in [0.4, 0.5) is 5.69 Å². The van der Waals surface area contributed by atoms with Gasteiger partial charge in [-0.25, -0.2) is 8.42 Å². The topological polar surface area (TPSA) is 92.8 Å². The average molecular weight is 497 g/mol. The highest BCUT2D eigenvalue weighted by Gasteiger charge is 2.29. The molecule has 0 fully saturated rings. The van der Waals surface area contributed by atoms with E-state index in [1.54, 1.807) is 4.90 Å². The van der Waals surface area contributed by atoms with Crippen LogP contribution in [0.1, 0.15) is 18.4 Å². The summed E-state index contributed by atoms with van der Waals surface area (Å²) in [6.07, 6.45) is 3.80. The van der Waals surface area contributed by atoms with E-state index in [1.807, 2.05) is 30.5 Å². The predicted molar refractivity (Wildman–Crippen MR) is 127 cm³/mol. The Balaban J connectivity index is 1.66. The Kier molecular flexibility index (Phi) is 8.58. The van der Waals surface area contributed by atoms with Crippen molar-refractivity contribution < 1.29 is 22.7 Å². The molecule has 7 nitrogen and oxygen atoms in total. The van der Waals surface area contributed by atoms with Crippen LogP contribution in [0.25, 0.3) is 0 Å². The zero-order valence-corrected chi connectivity index (χ0v) is 20.0. The zero-order chi connectivity index (χ0) is 23.1. The molecule has 172 valence electrons. The normalized spacial score (nSPS) is 14.5. The Morgan fingerprint density at radius 2 is 1.91 bits per heavy atom. The third kappa shape index (κ3) is 6.25. The minimum absolute atomic E-state index is 0.00940. The van der Waals surface area contributed by atoms with Gasteiger partial charge in [0.1, 0.15) is 6.04 Å². The highest BCUT2D eigenvalue weighted by Crippen LogP contribution is 2.26. The van der Waals surface area contributed by atoms with Crippen LogP contribution in [0.2, 0.25) is 5.02 Å². The fourth-order valence-electron chi connectivity index (χ4n) is 3.43. The van der Waals surface area contributed by atoms with Gasteiger partial charge in [0.05, 0.1) is 4.90 Å². The summed E-state index contributed by atoms with van der Waals surface area (Å²) in [5.41, 5.74) is 1.90. The van der Waals surface area contributed by atoms with Crippen LogP contribution in [0.5, 0.6) is 0 Å². The summed E-state index contributed by atoms with van der Waals surface area (Å²) in [5, 5.41) is 0.403. The summed E-state index contributed by atoms with van der Waals surface area (Å²) in [5.74, 6) is -0.582. The highest BCUT2D eigenvalue weighted by atomic mass is 35.5. The van der Waals surface area contributed by atoms with Crippen molar-refractivity contribution in [3.05, 3.63) is 59.1 Å². The Labute approximate surface area is 197 Å². The van der Waals surface area contributed by atoms with Crippen molar-refractivity contribution in [3.8, 4) is 0 Å². The van der Waals surface area contributed by atoms with Gasteiger partial charge in [-0.05, 0) is 67.2 Å². The smallest absolute Gasteiger partial charge is 0.324 e. The van der Waals surface area contributed by atoms with Gasteiger partial charge in [0, 0.05) is 17.3 Å². The second kappa shape index (κ2) is 11.2. The van der Waals surface area contributed by atoms with Crippen LogP contribution >= 0.6 is 23.4 Å². The molecule has 1 aliphatic heterocycles. The second-order valence-corrected chi connectivity index (χ2v) is 10.4. The fraction of sp³-hybridized carbons (Fsp3) is 0.364. The van der Waals surface area contributed by atoms with E-state index in [4.69, 9.17) is 16.3 Å². The van der Waals surface area contributed by atoms with Crippen LogP contribution in [0, 0.1) is 0 Å². The van der Waals surface area contributed by atoms with Crippen LogP contribution in [-0.2, 0) is 30.8 Å². The number of anilines is 1. The molecule has 0 spiro atoms. The molecule has 1 aliphatic rings. The zero-order valence-electron chi connectivity index (χ0n) is 17.6. The number of fused-ring (bicyclic) bond motifs is 1. The fourth-order valence-corrected chi connectivity index (χ4v) is 5.25. The summed E-state index contributed by atoms with van der Waals surface area (Å²) < 4.78 is 33.0. The SMILES string of the molecule is CSCC[C@H](NS(=O)(=O)c1ccc(Cl)cc1)C(=O)OCC(=O)N1CCCc2ccccc21. The summed E-state index contributed by atoms with van der Waals surface area (Å²) in [6, 6.07) is 12.2. The van der Waals surface area contributed by atoms with Gasteiger partial charge in [0.2, 0.25) is 10.0 Å². The lowest BCUT2D eigenvalue weighted by Gasteiger charge is -2.29. The minimum Gasteiger partial charge on any atom is -0.454 e. The molecule has 1 heterocycles. The molecule has 0 aliphatic carbocycles. The number of para-hydroxylation sites is 1. The van der Waals surface area contributed by atoms with E-state index in [0.717, 1.165) is 24.1 Å². The van der Waals surface area contributed by atoms with E-state index in [2.05, 4.69) is 4.72 Å². The number of carbonyl (C=O) groups excluding carboxylic acids is 2. The quantitative estimate of drug-likeness (QED) is 0.536. The Hall–Kier alpha value is -2.07. The molecule has 10 heteroatoms. The Morgan fingerprint density at radius 1 is 1.19 bits per heavy atom. The van der Waals surface area contributed by atoms with Crippen molar-refractivity contribution in [1.82, 2.24) is 4.72 Å². The molecule has 0 aromatic heterocycles. The van der Waals surface area contributed by atoms with Gasteiger partial charge >= 0.3 is 5.97 Å². The Morgan fingerprint density at radius 3 is 2.62 bits per heavy atom. The number of nitrogens with one attached hydrogen (secondary N) is 1. The summed E-state index contributed by atoms with van der Waals surface area (Å²) in [6.45, 7) is 0.0953. The summed E-state index contributed by atoms with van der Waals surface area (Å²) in [4.78, 5) is 27.0. The van der Waals surface area contributed by atoms with E-state index < -0.39 is 28.6 Å². The largest absolute Gasteiger partial charge is 0.454 e. The molecule has 0 bridgehead atoms. The number of esters is 1. The van der Waals surface area contributed by atoms with Crippen molar-refractivity contribution in [2.75, 3.05) is 30.1 Å². The van der Waals surface area contributed by atoms with E-state index in [-0.39, 0.29) is 17.2 Å². The first kappa shape index (κ1) is 24.6. The van der Waals surface area contributed by atoms with Crippen molar-refractivity contribution in [2.24, 2.45) is 0 Å². The highest BCUT2D eigenvalue weighted by molar-refractivity contribution is 7.98. The third-order valence-corrected chi connectivity index (χ3v) is 7.45. The van der Waals surface area contributed by atoms with Gasteiger partial charge in [-0.1, -0.05) is 29.8 Å². The Bertz CT molecular complexity index is 1060. The van der Waals surface area contributed by atoms with Gasteiger partial charge < -0.3 is 9.64 Å². The molecule has 0 radical (unpaired) electrons. The molecule has 0 unspecified atom stereocenters. The van der Waals surface area contributed by atoms with Crippen molar-refractivity contribution >= 4 is 50.9 Å². The number of aryl methyl sites for hydroxylation is 1. The van der Waals surface area contributed by atoms with Crippen LogP contribution in [0.15, 0.2) is 53.4 Å². The lowest BCUT2D eigenvalue weighted by Crippen LogP contribution is -2.44. The molecule has 1 amide bonds. The number of hydrogen-bond donors (Lipinski definition) is 1. The molecule has 2 aromatic rings. The van der Waals surface area contributed by atoms with Crippen LogP contribution in [0.3, 0.4) is 0 Å². The van der Waals surface area contributed by atoms with Gasteiger partial charge in [-0.2, -0.15) is 16.5 Å². The number of thioether (sulfide) groups is 1. The van der Waals surface area contributed by atoms with Crippen molar-refractivity contribution in [1.29, 1.82) is 0 Å². The first-order valence-corrected chi connectivity index (χ1v) is 13.4. The van der Waals surface area contributed by atoms with E-state index in [9.17, 15) is 18.0 Å². The average Bonchev–Trinajstić information content (AvgIpc) is 2.79. The number of amides is 1. The van der Waals surface area contributed by atoms with Gasteiger partial charge in [-0.15, -0.1) is 0 Å². The first-order valence-electron chi connectivity index (χ1n) is 10.1. The van der Waals surface area contributed by atoms with Crippen molar-refractivity contribution in [3.63, 3.8) is 0 Å². The monoisotopic (exact) mass is 496 g/mol. The molecular formula is C22H25ClN2O5S2. The number of ether oxygens (including phenoxy) is 1. The molecule has 2 aromatic carbocycles. The standard InChI is InChI=1S/C22H25ClN2O5S2/c1-31-14-12-19(24-32(28,29)18-10-8-17(23)9-11-18)22(27)30-15-21(26)25-13-4-6-16-5-2-3-7-20(16)25/h2-3,5,7-11,19,24H,4,6,12-15H2,1H3/t19-/m0/s1. The first-order chi connectivity index (χ1) is 15.3. The van der Waals surface area contributed by atoms with E-state index >= 15 is 0 Å². The number of sulfonamides is 1. The number of benzene rings is 2. The number of nitrogens with zero attached hydrogens (tertiary/aromatic N) is 1. The maximum absolute atomic E-state index is 12.7. The third-order valence-electron chi connectivity index (χ3n) is 5.07.